The molecule has 0 aliphatic heterocycles. The van der Waals surface area contributed by atoms with Crippen molar-refractivity contribution in [3.8, 4) is 0 Å². The van der Waals surface area contributed by atoms with Crippen molar-refractivity contribution < 1.29 is 9.72 Å². The maximum absolute atomic E-state index is 12.8. The molecule has 31 heavy (non-hydrogen) atoms. The zero-order valence-electron chi connectivity index (χ0n) is 16.7. The minimum atomic E-state index is -0.501. The van der Waals surface area contributed by atoms with Gasteiger partial charge in [0.2, 0.25) is 0 Å². The second-order valence-electron chi connectivity index (χ2n) is 7.25. The largest absolute Gasteiger partial charge is 0.349 e. The number of thioether (sulfide) groups is 1. The Hall–Kier alpha value is -3.33. The van der Waals surface area contributed by atoms with Crippen molar-refractivity contribution in [2.45, 2.75) is 37.3 Å². The molecule has 0 fully saturated rings. The first-order valence-electron chi connectivity index (χ1n) is 9.96. The van der Waals surface area contributed by atoms with Crippen LogP contribution in [0.1, 0.15) is 40.2 Å². The van der Waals surface area contributed by atoms with E-state index < -0.39 is 4.92 Å². The topological polar surface area (TPSA) is 108 Å². The third-order valence-electron chi connectivity index (χ3n) is 5.24. The molecule has 3 aromatic rings. The first kappa shape index (κ1) is 20.9. The summed E-state index contributed by atoms with van der Waals surface area (Å²) in [5.41, 5.74) is 2.81. The van der Waals surface area contributed by atoms with E-state index in [0.29, 0.717) is 17.1 Å². The fourth-order valence-corrected chi connectivity index (χ4v) is 4.64. The summed E-state index contributed by atoms with van der Waals surface area (Å²) in [6.07, 6.45) is 5.34. The van der Waals surface area contributed by atoms with E-state index >= 15 is 0 Å². The highest BCUT2D eigenvalue weighted by Crippen LogP contribution is 2.29. The molecule has 0 unspecified atom stereocenters. The molecule has 0 atom stereocenters. The van der Waals surface area contributed by atoms with Crippen molar-refractivity contribution in [3.63, 3.8) is 0 Å². The summed E-state index contributed by atoms with van der Waals surface area (Å²) in [7, 11) is 0. The number of ketones is 1. The van der Waals surface area contributed by atoms with Crippen LogP contribution in [0.3, 0.4) is 0 Å². The second-order valence-corrected chi connectivity index (χ2v) is 8.22. The van der Waals surface area contributed by atoms with Crippen molar-refractivity contribution in [1.29, 1.82) is 0 Å². The van der Waals surface area contributed by atoms with Gasteiger partial charge in [0.1, 0.15) is 5.03 Å². The van der Waals surface area contributed by atoms with Crippen LogP contribution in [-0.4, -0.2) is 31.0 Å². The average molecular weight is 436 g/mol. The molecule has 0 bridgehead atoms. The highest BCUT2D eigenvalue weighted by molar-refractivity contribution is 8.00. The first-order valence-corrected chi connectivity index (χ1v) is 10.9. The van der Waals surface area contributed by atoms with E-state index in [-0.39, 0.29) is 22.9 Å². The Balaban J connectivity index is 1.56. The number of rotatable bonds is 7. The van der Waals surface area contributed by atoms with Gasteiger partial charge in [-0.15, -0.1) is 0 Å². The summed E-state index contributed by atoms with van der Waals surface area (Å²) < 4.78 is 1.69. The molecule has 2 aromatic heterocycles. The molecule has 4 rings (SSSR count). The monoisotopic (exact) mass is 436 g/mol. The summed E-state index contributed by atoms with van der Waals surface area (Å²) in [6.45, 7) is 0.377. The predicted molar refractivity (Wildman–Crippen MR) is 117 cm³/mol. The highest BCUT2D eigenvalue weighted by atomic mass is 32.2. The van der Waals surface area contributed by atoms with Crippen LogP contribution in [-0.2, 0) is 19.4 Å². The molecule has 9 heteroatoms. The third-order valence-corrected chi connectivity index (χ3v) is 6.25. The zero-order valence-corrected chi connectivity index (χ0v) is 17.5. The van der Waals surface area contributed by atoms with Gasteiger partial charge in [-0.2, -0.15) is 4.98 Å². The number of pyridine rings is 1. The van der Waals surface area contributed by atoms with Crippen molar-refractivity contribution in [1.82, 2.24) is 14.5 Å². The molecule has 0 amide bonds. The zero-order chi connectivity index (χ0) is 21.8. The Morgan fingerprint density at radius 3 is 2.61 bits per heavy atom. The molecule has 1 aliphatic rings. The van der Waals surface area contributed by atoms with E-state index in [0.717, 1.165) is 42.6 Å². The lowest BCUT2D eigenvalue weighted by Crippen LogP contribution is -2.31. The highest BCUT2D eigenvalue weighted by Gasteiger charge is 2.21. The summed E-state index contributed by atoms with van der Waals surface area (Å²) in [5.74, 6) is -0.0510. The third kappa shape index (κ3) is 4.72. The minimum Gasteiger partial charge on any atom is -0.293 e. The maximum Gasteiger partial charge on any atom is 0.349 e. The van der Waals surface area contributed by atoms with Crippen molar-refractivity contribution in [3.05, 3.63) is 91.8 Å². The maximum atomic E-state index is 12.8. The molecule has 1 aromatic carbocycles. The molecule has 0 saturated heterocycles. The van der Waals surface area contributed by atoms with Crippen LogP contribution in [0.15, 0.2) is 58.5 Å². The Morgan fingerprint density at radius 2 is 1.90 bits per heavy atom. The van der Waals surface area contributed by atoms with Gasteiger partial charge in [-0.3, -0.25) is 24.5 Å². The smallest absolute Gasteiger partial charge is 0.293 e. The van der Waals surface area contributed by atoms with Gasteiger partial charge < -0.3 is 0 Å². The van der Waals surface area contributed by atoms with Gasteiger partial charge in [0.25, 0.3) is 5.69 Å². The molecule has 1 aliphatic carbocycles. The molecule has 0 N–H and O–H groups in total. The Morgan fingerprint density at radius 1 is 1.13 bits per heavy atom. The number of carbonyl (C=O) groups excluding carboxylic acids is 1. The number of benzene rings is 1. The van der Waals surface area contributed by atoms with E-state index in [1.54, 1.807) is 10.8 Å². The van der Waals surface area contributed by atoms with Crippen LogP contribution in [0.2, 0.25) is 0 Å². The Bertz CT molecular complexity index is 1180. The number of non-ortho nitro benzene ring substituents is 1. The summed E-state index contributed by atoms with van der Waals surface area (Å²) in [6, 6.07) is 11.1. The molecule has 2 heterocycles. The second kappa shape index (κ2) is 9.22. The predicted octanol–water partition coefficient (Wildman–Crippen LogP) is 3.45. The van der Waals surface area contributed by atoms with Crippen LogP contribution >= 0.6 is 11.8 Å². The van der Waals surface area contributed by atoms with Crippen LogP contribution in [0.5, 0.6) is 0 Å². The average Bonchev–Trinajstić information content (AvgIpc) is 2.80. The number of hydrogen-bond acceptors (Lipinski definition) is 7. The lowest BCUT2D eigenvalue weighted by atomic mass is 9.97. The molecule has 0 saturated carbocycles. The molecule has 158 valence electrons. The fourth-order valence-electron chi connectivity index (χ4n) is 3.67. The summed E-state index contributed by atoms with van der Waals surface area (Å²) >= 11 is 1.25. The van der Waals surface area contributed by atoms with Crippen LogP contribution in [0.25, 0.3) is 0 Å². The van der Waals surface area contributed by atoms with Gasteiger partial charge in [-0.25, -0.2) is 4.79 Å². The molecule has 8 nitrogen and oxygen atoms in total. The number of carbonyl (C=O) groups is 1. The summed E-state index contributed by atoms with van der Waals surface area (Å²) in [4.78, 5) is 44.2. The van der Waals surface area contributed by atoms with Gasteiger partial charge in [0, 0.05) is 35.2 Å². The molecular formula is C22H20N4O4S. The van der Waals surface area contributed by atoms with E-state index in [1.807, 2.05) is 18.2 Å². The molecule has 0 radical (unpaired) electrons. The number of Topliss-reactive ketones (excluding diaryl/α,β-unsaturated/α-hetero) is 1. The Kier molecular flexibility index (Phi) is 6.22. The van der Waals surface area contributed by atoms with E-state index in [9.17, 15) is 19.7 Å². The quantitative estimate of drug-likeness (QED) is 0.183. The van der Waals surface area contributed by atoms with E-state index in [2.05, 4.69) is 9.97 Å². The van der Waals surface area contributed by atoms with Crippen molar-refractivity contribution >= 4 is 23.2 Å². The fraction of sp³-hybridized carbons (Fsp3) is 0.273. The standard InChI is InChI=1S/C22H20N4O4S/c27-20(15-8-10-17(11-9-15)26(29)30)14-31-21-18-6-1-2-7-19(18)25(22(28)24-21)13-16-5-3-4-12-23-16/h3-5,8-12H,1-2,6-7,13-14H2. The number of nitro groups is 1. The van der Waals surface area contributed by atoms with Gasteiger partial charge in [0.15, 0.2) is 5.78 Å². The van der Waals surface area contributed by atoms with Gasteiger partial charge in [0.05, 0.1) is 22.9 Å². The van der Waals surface area contributed by atoms with Gasteiger partial charge in [-0.05, 0) is 49.9 Å². The number of hydrogen-bond donors (Lipinski definition) is 0. The van der Waals surface area contributed by atoms with Crippen LogP contribution in [0, 0.1) is 10.1 Å². The normalized spacial score (nSPS) is 12.9. The van der Waals surface area contributed by atoms with Crippen LogP contribution < -0.4 is 5.69 Å². The van der Waals surface area contributed by atoms with Gasteiger partial charge in [-0.1, -0.05) is 17.8 Å². The number of nitro benzene ring substituents is 1. The van der Waals surface area contributed by atoms with E-state index in [1.165, 1.54) is 36.0 Å². The van der Waals surface area contributed by atoms with Crippen molar-refractivity contribution in [2.75, 3.05) is 5.75 Å². The SMILES string of the molecule is O=C(CSc1nc(=O)n(Cc2ccccn2)c2c1CCCC2)c1ccc([N+](=O)[O-])cc1. The minimum absolute atomic E-state index is 0.0588. The van der Waals surface area contributed by atoms with E-state index in [4.69, 9.17) is 0 Å². The van der Waals surface area contributed by atoms with Crippen LogP contribution in [0.4, 0.5) is 5.69 Å². The number of fused-ring (bicyclic) bond motifs is 1. The Labute approximate surface area is 182 Å². The first-order chi connectivity index (χ1) is 15.0. The summed E-state index contributed by atoms with van der Waals surface area (Å²) in [5, 5.41) is 11.4. The number of aromatic nitrogens is 3. The van der Waals surface area contributed by atoms with Gasteiger partial charge >= 0.3 is 5.69 Å². The molecular weight excluding hydrogens is 416 g/mol. The van der Waals surface area contributed by atoms with Crippen molar-refractivity contribution in [2.24, 2.45) is 0 Å². The number of nitrogens with zero attached hydrogens (tertiary/aromatic N) is 4. The lowest BCUT2D eigenvalue weighted by molar-refractivity contribution is -0.384. The molecule has 0 spiro atoms. The lowest BCUT2D eigenvalue weighted by Gasteiger charge is -2.22.